The summed E-state index contributed by atoms with van der Waals surface area (Å²) in [6.07, 6.45) is 1.06. The Kier molecular flexibility index (Phi) is 3.88. The first-order chi connectivity index (χ1) is 8.31. The van der Waals surface area contributed by atoms with E-state index in [1.165, 1.54) is 11.1 Å². The lowest BCUT2D eigenvalue weighted by molar-refractivity contribution is 0.300. The lowest BCUT2D eigenvalue weighted by Gasteiger charge is -2.08. The van der Waals surface area contributed by atoms with Crippen LogP contribution < -0.4 is 5.32 Å². The zero-order valence-corrected chi connectivity index (χ0v) is 10.2. The molecule has 1 N–H and O–H groups in total. The summed E-state index contributed by atoms with van der Waals surface area (Å²) in [5.74, 6) is 0. The highest BCUT2D eigenvalue weighted by Gasteiger charge is 2.04. The lowest BCUT2D eigenvalue weighted by atomic mass is 10.1. The van der Waals surface area contributed by atoms with Crippen molar-refractivity contribution in [2.24, 2.45) is 0 Å². The quantitative estimate of drug-likeness (QED) is 0.857. The third kappa shape index (κ3) is 2.91. The fourth-order valence-corrected chi connectivity index (χ4v) is 1.80. The van der Waals surface area contributed by atoms with Gasteiger partial charge in [0.25, 0.3) is 0 Å². The largest absolute Gasteiger partial charge is 0.307 e. The molecule has 2 rings (SSSR count). The Labute approximate surface area is 101 Å². The summed E-state index contributed by atoms with van der Waals surface area (Å²) < 4.78 is 4.65. The predicted molar refractivity (Wildman–Crippen MR) is 65.4 cm³/mol. The molecule has 1 aromatic carbocycles. The van der Waals surface area contributed by atoms with Crippen LogP contribution in [0, 0.1) is 6.92 Å². The van der Waals surface area contributed by atoms with Crippen LogP contribution in [0.5, 0.6) is 0 Å². The van der Waals surface area contributed by atoms with Crippen molar-refractivity contribution in [2.45, 2.75) is 33.4 Å². The van der Waals surface area contributed by atoms with Gasteiger partial charge in [0.15, 0.2) is 0 Å². The maximum atomic E-state index is 4.65. The van der Waals surface area contributed by atoms with Crippen molar-refractivity contribution in [3.63, 3.8) is 0 Å². The number of nitrogens with one attached hydrogen (secondary N) is 1. The Bertz CT molecular complexity index is 479. The minimum absolute atomic E-state index is 0.688. The molecule has 0 fully saturated rings. The van der Waals surface area contributed by atoms with Crippen LogP contribution in [0.4, 0.5) is 0 Å². The first-order valence-corrected chi connectivity index (χ1v) is 5.86. The minimum Gasteiger partial charge on any atom is -0.307 e. The number of aryl methyl sites for hydroxylation is 2. The van der Waals surface area contributed by atoms with Gasteiger partial charge in [0.2, 0.25) is 0 Å². The van der Waals surface area contributed by atoms with Gasteiger partial charge >= 0.3 is 0 Å². The summed E-state index contributed by atoms with van der Waals surface area (Å²) in [6, 6.07) is 8.47. The predicted octanol–water partition coefficient (Wildman–Crippen LogP) is 2.23. The first-order valence-electron chi connectivity index (χ1n) is 5.86. The van der Waals surface area contributed by atoms with Crippen LogP contribution in [0.2, 0.25) is 0 Å². The lowest BCUT2D eigenvalue weighted by Crippen LogP contribution is -2.14. The molecule has 0 aliphatic rings. The molecule has 0 atom stereocenters. The summed E-state index contributed by atoms with van der Waals surface area (Å²) in [4.78, 5) is 0. The van der Waals surface area contributed by atoms with Crippen molar-refractivity contribution >= 4 is 0 Å². The summed E-state index contributed by atoms with van der Waals surface area (Å²) >= 11 is 0. The van der Waals surface area contributed by atoms with Crippen molar-refractivity contribution in [2.75, 3.05) is 0 Å². The molecule has 1 heterocycles. The maximum Gasteiger partial charge on any atom is 0.121 e. The molecule has 2 aromatic rings. The van der Waals surface area contributed by atoms with Gasteiger partial charge in [-0.05, 0) is 24.5 Å². The number of hydrogen-bond acceptors (Lipinski definition) is 4. The first kappa shape index (κ1) is 11.8. The second-order valence-electron chi connectivity index (χ2n) is 4.02. The van der Waals surface area contributed by atoms with Crippen LogP contribution in [0.1, 0.15) is 29.4 Å². The standard InChI is InChI=1S/C13H17N3O/c1-3-11-6-4-5-7-12(11)8-14-9-13-10(2)15-17-16-13/h4-7,14H,3,8-9H2,1-2H3. The second-order valence-corrected chi connectivity index (χ2v) is 4.02. The Morgan fingerprint density at radius 3 is 2.53 bits per heavy atom. The highest BCUT2D eigenvalue weighted by molar-refractivity contribution is 5.26. The molecular weight excluding hydrogens is 214 g/mol. The summed E-state index contributed by atoms with van der Waals surface area (Å²) in [5, 5.41) is 10.9. The third-order valence-electron chi connectivity index (χ3n) is 2.85. The summed E-state index contributed by atoms with van der Waals surface area (Å²) in [7, 11) is 0. The number of rotatable bonds is 5. The van der Waals surface area contributed by atoms with Crippen LogP contribution in [-0.4, -0.2) is 10.3 Å². The molecule has 0 saturated heterocycles. The summed E-state index contributed by atoms with van der Waals surface area (Å²) in [6.45, 7) is 5.60. The van der Waals surface area contributed by atoms with E-state index >= 15 is 0 Å². The molecule has 0 bridgehead atoms. The van der Waals surface area contributed by atoms with Gasteiger partial charge in [-0.25, -0.2) is 4.63 Å². The van der Waals surface area contributed by atoms with Crippen molar-refractivity contribution in [3.05, 3.63) is 46.8 Å². The molecule has 0 saturated carbocycles. The van der Waals surface area contributed by atoms with Crippen LogP contribution in [-0.2, 0) is 19.5 Å². The molecule has 1 aromatic heterocycles. The van der Waals surface area contributed by atoms with Gasteiger partial charge in [-0.2, -0.15) is 0 Å². The molecule has 90 valence electrons. The Morgan fingerprint density at radius 1 is 1.12 bits per heavy atom. The Hall–Kier alpha value is -1.68. The molecule has 0 aliphatic heterocycles. The van der Waals surface area contributed by atoms with Crippen molar-refractivity contribution < 1.29 is 4.63 Å². The fraction of sp³-hybridized carbons (Fsp3) is 0.385. The number of nitrogens with zero attached hydrogens (tertiary/aromatic N) is 2. The monoisotopic (exact) mass is 231 g/mol. The van der Waals surface area contributed by atoms with E-state index in [2.05, 4.69) is 51.4 Å². The van der Waals surface area contributed by atoms with Crippen LogP contribution in [0.3, 0.4) is 0 Å². The molecule has 0 unspecified atom stereocenters. The molecule has 0 spiro atoms. The zero-order valence-electron chi connectivity index (χ0n) is 10.2. The molecule has 0 amide bonds. The van der Waals surface area contributed by atoms with Gasteiger partial charge in [-0.3, -0.25) is 0 Å². The van der Waals surface area contributed by atoms with Crippen LogP contribution >= 0.6 is 0 Å². The minimum atomic E-state index is 0.688. The normalized spacial score (nSPS) is 10.7. The highest BCUT2D eigenvalue weighted by Crippen LogP contribution is 2.09. The average Bonchev–Trinajstić information content (AvgIpc) is 2.76. The molecule has 0 aliphatic carbocycles. The van der Waals surface area contributed by atoms with Crippen molar-refractivity contribution in [3.8, 4) is 0 Å². The molecule has 4 nitrogen and oxygen atoms in total. The van der Waals surface area contributed by atoms with Gasteiger partial charge in [0.1, 0.15) is 11.4 Å². The smallest absolute Gasteiger partial charge is 0.121 e. The maximum absolute atomic E-state index is 4.65. The average molecular weight is 231 g/mol. The zero-order chi connectivity index (χ0) is 12.1. The van der Waals surface area contributed by atoms with Gasteiger partial charge < -0.3 is 5.32 Å². The van der Waals surface area contributed by atoms with Crippen molar-refractivity contribution in [1.82, 2.24) is 15.6 Å². The number of aromatic nitrogens is 2. The van der Waals surface area contributed by atoms with E-state index < -0.39 is 0 Å². The van der Waals surface area contributed by atoms with E-state index in [9.17, 15) is 0 Å². The topological polar surface area (TPSA) is 51.0 Å². The molecular formula is C13H17N3O. The number of hydrogen-bond donors (Lipinski definition) is 1. The van der Waals surface area contributed by atoms with E-state index in [1.807, 2.05) is 6.92 Å². The number of benzene rings is 1. The Balaban J connectivity index is 1.92. The van der Waals surface area contributed by atoms with Gasteiger partial charge in [0.05, 0.1) is 0 Å². The van der Waals surface area contributed by atoms with Crippen LogP contribution in [0.25, 0.3) is 0 Å². The fourth-order valence-electron chi connectivity index (χ4n) is 1.80. The highest BCUT2D eigenvalue weighted by atomic mass is 16.6. The van der Waals surface area contributed by atoms with Crippen molar-refractivity contribution in [1.29, 1.82) is 0 Å². The van der Waals surface area contributed by atoms with Crippen LogP contribution in [0.15, 0.2) is 28.9 Å². The van der Waals surface area contributed by atoms with Gasteiger partial charge in [0, 0.05) is 13.1 Å². The van der Waals surface area contributed by atoms with Gasteiger partial charge in [-0.15, -0.1) is 0 Å². The second kappa shape index (κ2) is 5.59. The third-order valence-corrected chi connectivity index (χ3v) is 2.85. The van der Waals surface area contributed by atoms with E-state index in [0.717, 1.165) is 24.4 Å². The van der Waals surface area contributed by atoms with E-state index in [1.54, 1.807) is 0 Å². The molecule has 4 heteroatoms. The van der Waals surface area contributed by atoms with E-state index in [-0.39, 0.29) is 0 Å². The van der Waals surface area contributed by atoms with E-state index in [0.29, 0.717) is 6.54 Å². The molecule has 0 radical (unpaired) electrons. The van der Waals surface area contributed by atoms with Gasteiger partial charge in [-0.1, -0.05) is 41.5 Å². The SMILES string of the molecule is CCc1ccccc1CNCc1nonc1C. The summed E-state index contributed by atoms with van der Waals surface area (Å²) in [5.41, 5.74) is 4.44. The van der Waals surface area contributed by atoms with E-state index in [4.69, 9.17) is 0 Å². The Morgan fingerprint density at radius 2 is 1.88 bits per heavy atom. The molecule has 17 heavy (non-hydrogen) atoms.